The van der Waals surface area contributed by atoms with Gasteiger partial charge in [0.15, 0.2) is 5.82 Å². The van der Waals surface area contributed by atoms with E-state index in [1.165, 1.54) is 18.6 Å². The molecule has 0 amide bonds. The van der Waals surface area contributed by atoms with Gasteiger partial charge in [0.1, 0.15) is 0 Å². The van der Waals surface area contributed by atoms with E-state index in [2.05, 4.69) is 14.7 Å². The average molecular weight is 222 g/mol. The summed E-state index contributed by atoms with van der Waals surface area (Å²) in [5.41, 5.74) is 0. The molecule has 0 aliphatic carbocycles. The van der Waals surface area contributed by atoms with E-state index in [0.717, 1.165) is 0 Å². The summed E-state index contributed by atoms with van der Waals surface area (Å²) in [5, 5.41) is 0. The molecule has 0 fully saturated rings. The van der Waals surface area contributed by atoms with Crippen molar-refractivity contribution in [3.05, 3.63) is 18.6 Å². The van der Waals surface area contributed by atoms with Gasteiger partial charge in [0.25, 0.3) is 0 Å². The van der Waals surface area contributed by atoms with Crippen LogP contribution in [0.5, 0.6) is 0 Å². The lowest BCUT2D eigenvalue weighted by Gasteiger charge is -2.03. The number of anilines is 1. The van der Waals surface area contributed by atoms with Crippen molar-refractivity contribution in [3.8, 4) is 0 Å². The zero-order valence-corrected chi connectivity index (χ0v) is 8.22. The van der Waals surface area contributed by atoms with Crippen LogP contribution >= 0.6 is 11.6 Å². The van der Waals surface area contributed by atoms with Gasteiger partial charge in [0.2, 0.25) is 10.0 Å². The Balaban J connectivity index is 2.70. The molecule has 0 aromatic carbocycles. The quantitative estimate of drug-likeness (QED) is 0.750. The van der Waals surface area contributed by atoms with Crippen LogP contribution in [0.25, 0.3) is 0 Å². The molecular weight excluding hydrogens is 214 g/mol. The fourth-order valence-corrected chi connectivity index (χ4v) is 2.00. The minimum absolute atomic E-state index is 0.0512. The molecule has 0 saturated heterocycles. The Bertz CT molecular complexity index is 353. The molecule has 7 heteroatoms. The van der Waals surface area contributed by atoms with E-state index in [9.17, 15) is 8.42 Å². The molecule has 0 aliphatic rings. The van der Waals surface area contributed by atoms with E-state index < -0.39 is 10.0 Å². The van der Waals surface area contributed by atoms with Gasteiger partial charge in [-0.3, -0.25) is 9.71 Å². The van der Waals surface area contributed by atoms with Gasteiger partial charge < -0.3 is 0 Å². The van der Waals surface area contributed by atoms with Crippen LogP contribution in [0.1, 0.15) is 0 Å². The molecule has 0 spiro atoms. The maximum absolute atomic E-state index is 11.1. The molecule has 0 atom stereocenters. The smallest absolute Gasteiger partial charge is 0.235 e. The Hall–Kier alpha value is -0.880. The van der Waals surface area contributed by atoms with E-state index in [0.29, 0.717) is 0 Å². The largest absolute Gasteiger partial charge is 0.266 e. The van der Waals surface area contributed by atoms with Crippen molar-refractivity contribution in [3.63, 3.8) is 0 Å². The van der Waals surface area contributed by atoms with E-state index in [4.69, 9.17) is 11.6 Å². The summed E-state index contributed by atoms with van der Waals surface area (Å²) >= 11 is 5.30. The number of alkyl halides is 1. The molecule has 0 aliphatic heterocycles. The first-order valence-corrected chi connectivity index (χ1v) is 5.65. The second-order valence-corrected chi connectivity index (χ2v) is 4.42. The lowest BCUT2D eigenvalue weighted by molar-refractivity contribution is 0.602. The SMILES string of the molecule is O=S(=O)(CCCl)Nc1cnccn1. The number of aromatic nitrogens is 2. The first-order chi connectivity index (χ1) is 6.14. The third kappa shape index (κ3) is 3.56. The molecule has 72 valence electrons. The summed E-state index contributed by atoms with van der Waals surface area (Å²) < 4.78 is 24.5. The van der Waals surface area contributed by atoms with Gasteiger partial charge in [-0.05, 0) is 0 Å². The first-order valence-electron chi connectivity index (χ1n) is 3.46. The second kappa shape index (κ2) is 4.38. The van der Waals surface area contributed by atoms with Crippen LogP contribution in [0.2, 0.25) is 0 Å². The molecule has 13 heavy (non-hydrogen) atoms. The van der Waals surface area contributed by atoms with Crippen molar-refractivity contribution in [1.82, 2.24) is 9.97 Å². The summed E-state index contributed by atoms with van der Waals surface area (Å²) in [6, 6.07) is 0. The molecule has 1 rings (SSSR count). The standard InChI is InChI=1S/C6H8ClN3O2S/c7-1-4-13(11,12)10-6-5-8-2-3-9-6/h2-3,5H,1,4H2,(H,9,10). The maximum atomic E-state index is 11.1. The highest BCUT2D eigenvalue weighted by atomic mass is 35.5. The van der Waals surface area contributed by atoms with Crippen molar-refractivity contribution in [2.45, 2.75) is 0 Å². The van der Waals surface area contributed by atoms with E-state index in [-0.39, 0.29) is 17.5 Å². The van der Waals surface area contributed by atoms with Crippen molar-refractivity contribution < 1.29 is 8.42 Å². The predicted octanol–water partition coefficient (Wildman–Crippen LogP) is 0.457. The van der Waals surface area contributed by atoms with Gasteiger partial charge in [0.05, 0.1) is 11.9 Å². The lowest BCUT2D eigenvalue weighted by Crippen LogP contribution is -2.18. The van der Waals surface area contributed by atoms with Gasteiger partial charge in [-0.25, -0.2) is 13.4 Å². The zero-order chi connectivity index (χ0) is 9.73. The molecule has 1 aromatic heterocycles. The van der Waals surface area contributed by atoms with Crippen LogP contribution in [0.3, 0.4) is 0 Å². The van der Waals surface area contributed by atoms with Gasteiger partial charge >= 0.3 is 0 Å². The number of nitrogens with one attached hydrogen (secondary N) is 1. The van der Waals surface area contributed by atoms with Crippen LogP contribution in [-0.4, -0.2) is 30.0 Å². The number of nitrogens with zero attached hydrogens (tertiary/aromatic N) is 2. The van der Waals surface area contributed by atoms with Gasteiger partial charge in [-0.15, -0.1) is 11.6 Å². The van der Waals surface area contributed by atoms with Crippen molar-refractivity contribution in [2.75, 3.05) is 16.4 Å². The normalized spacial score (nSPS) is 11.2. The molecular formula is C6H8ClN3O2S. The summed E-state index contributed by atoms with van der Waals surface area (Å²) in [6.45, 7) is 0. The minimum Gasteiger partial charge on any atom is -0.266 e. The Morgan fingerprint density at radius 2 is 2.23 bits per heavy atom. The average Bonchev–Trinajstić information content (AvgIpc) is 2.04. The summed E-state index contributed by atoms with van der Waals surface area (Å²) in [7, 11) is -3.37. The monoisotopic (exact) mass is 221 g/mol. The van der Waals surface area contributed by atoms with Gasteiger partial charge in [-0.2, -0.15) is 0 Å². The molecule has 0 saturated carbocycles. The highest BCUT2D eigenvalue weighted by molar-refractivity contribution is 7.92. The Morgan fingerprint density at radius 3 is 2.77 bits per heavy atom. The summed E-state index contributed by atoms with van der Waals surface area (Å²) in [6.07, 6.45) is 4.18. The van der Waals surface area contributed by atoms with Gasteiger partial charge in [0, 0.05) is 18.3 Å². The first kappa shape index (κ1) is 10.2. The lowest BCUT2D eigenvalue weighted by atomic mass is 10.7. The van der Waals surface area contributed by atoms with E-state index >= 15 is 0 Å². The zero-order valence-electron chi connectivity index (χ0n) is 6.64. The topological polar surface area (TPSA) is 72.0 Å². The second-order valence-electron chi connectivity index (χ2n) is 2.20. The maximum Gasteiger partial charge on any atom is 0.235 e. The Labute approximate surface area is 81.2 Å². The molecule has 1 heterocycles. The molecule has 1 N–H and O–H groups in total. The van der Waals surface area contributed by atoms with Crippen molar-refractivity contribution in [1.29, 1.82) is 0 Å². The van der Waals surface area contributed by atoms with E-state index in [1.54, 1.807) is 0 Å². The van der Waals surface area contributed by atoms with Crippen LogP contribution in [0.4, 0.5) is 5.82 Å². The third-order valence-corrected chi connectivity index (χ3v) is 2.84. The molecule has 0 unspecified atom stereocenters. The van der Waals surface area contributed by atoms with Crippen LogP contribution < -0.4 is 4.72 Å². The third-order valence-electron chi connectivity index (χ3n) is 1.17. The summed E-state index contributed by atoms with van der Waals surface area (Å²) in [4.78, 5) is 7.46. The molecule has 1 aromatic rings. The molecule has 0 bridgehead atoms. The highest BCUT2D eigenvalue weighted by Gasteiger charge is 2.09. The Kier molecular flexibility index (Phi) is 3.44. The Morgan fingerprint density at radius 1 is 1.46 bits per heavy atom. The van der Waals surface area contributed by atoms with Crippen LogP contribution in [0, 0.1) is 0 Å². The van der Waals surface area contributed by atoms with E-state index in [1.807, 2.05) is 0 Å². The van der Waals surface area contributed by atoms with Gasteiger partial charge in [-0.1, -0.05) is 0 Å². The number of hydrogen-bond donors (Lipinski definition) is 1. The van der Waals surface area contributed by atoms with Crippen molar-refractivity contribution in [2.24, 2.45) is 0 Å². The number of rotatable bonds is 4. The number of halogens is 1. The fraction of sp³-hybridized carbons (Fsp3) is 0.333. The predicted molar refractivity (Wildman–Crippen MR) is 50.2 cm³/mol. The highest BCUT2D eigenvalue weighted by Crippen LogP contribution is 2.01. The summed E-state index contributed by atoms with van der Waals surface area (Å²) in [5.74, 6) is 0.119. The van der Waals surface area contributed by atoms with Crippen molar-refractivity contribution >= 4 is 27.4 Å². The number of sulfonamides is 1. The minimum atomic E-state index is -3.37. The van der Waals surface area contributed by atoms with Crippen LogP contribution in [0.15, 0.2) is 18.6 Å². The molecule has 5 nitrogen and oxygen atoms in total. The number of hydrogen-bond acceptors (Lipinski definition) is 4. The fourth-order valence-electron chi connectivity index (χ4n) is 0.664. The van der Waals surface area contributed by atoms with Crippen LogP contribution in [-0.2, 0) is 10.0 Å². The molecule has 0 radical (unpaired) electrons.